The molecule has 0 bridgehead atoms. The van der Waals surface area contributed by atoms with E-state index in [9.17, 15) is 0 Å². The van der Waals surface area contributed by atoms with Gasteiger partial charge in [-0.15, -0.1) is 0 Å². The molecule has 0 saturated heterocycles. The molecule has 1 unspecified atom stereocenters. The first-order chi connectivity index (χ1) is 8.17. The van der Waals surface area contributed by atoms with Crippen LogP contribution in [0.15, 0.2) is 24.3 Å². The first-order valence-corrected chi connectivity index (χ1v) is 7.23. The number of hydrogen-bond acceptors (Lipinski definition) is 3. The Bertz CT molecular complexity index is 328. The minimum absolute atomic E-state index is 0.391. The van der Waals surface area contributed by atoms with Gasteiger partial charge in [-0.25, -0.2) is 0 Å². The van der Waals surface area contributed by atoms with E-state index in [4.69, 9.17) is 4.74 Å². The lowest BCUT2D eigenvalue weighted by Gasteiger charge is -2.18. The molecule has 0 saturated carbocycles. The molecular weight excluding hydrogens is 230 g/mol. The summed E-state index contributed by atoms with van der Waals surface area (Å²) in [7, 11) is 2.01. The Morgan fingerprint density at radius 3 is 2.71 bits per heavy atom. The average Bonchev–Trinajstić information content (AvgIpc) is 2.30. The van der Waals surface area contributed by atoms with Crippen molar-refractivity contribution in [2.45, 2.75) is 32.1 Å². The number of thioether (sulfide) groups is 1. The van der Waals surface area contributed by atoms with Crippen molar-refractivity contribution in [3.8, 4) is 5.75 Å². The fourth-order valence-corrected chi connectivity index (χ4v) is 2.56. The van der Waals surface area contributed by atoms with Gasteiger partial charge >= 0.3 is 0 Å². The SMILES string of the molecule is CCOc1cccc(C(CSC(C)C)NC)c1. The van der Waals surface area contributed by atoms with Crippen molar-refractivity contribution in [2.24, 2.45) is 0 Å². The lowest BCUT2D eigenvalue weighted by atomic mass is 10.1. The summed E-state index contributed by atoms with van der Waals surface area (Å²) in [4.78, 5) is 0. The highest BCUT2D eigenvalue weighted by molar-refractivity contribution is 7.99. The zero-order chi connectivity index (χ0) is 12.7. The lowest BCUT2D eigenvalue weighted by Crippen LogP contribution is -2.19. The second-order valence-corrected chi connectivity index (χ2v) is 5.84. The van der Waals surface area contributed by atoms with Gasteiger partial charge in [0.05, 0.1) is 6.61 Å². The van der Waals surface area contributed by atoms with E-state index in [0.29, 0.717) is 17.9 Å². The summed E-state index contributed by atoms with van der Waals surface area (Å²) in [5.41, 5.74) is 1.30. The van der Waals surface area contributed by atoms with E-state index < -0.39 is 0 Å². The molecule has 1 aromatic rings. The van der Waals surface area contributed by atoms with Crippen LogP contribution in [0.4, 0.5) is 0 Å². The van der Waals surface area contributed by atoms with Gasteiger partial charge in [-0.3, -0.25) is 0 Å². The van der Waals surface area contributed by atoms with Crippen molar-refractivity contribution in [3.05, 3.63) is 29.8 Å². The molecule has 0 amide bonds. The molecule has 0 aromatic heterocycles. The van der Waals surface area contributed by atoms with Crippen molar-refractivity contribution < 1.29 is 4.74 Å². The number of ether oxygens (including phenoxy) is 1. The summed E-state index contributed by atoms with van der Waals surface area (Å²) in [6, 6.07) is 8.75. The molecule has 0 fully saturated rings. The van der Waals surface area contributed by atoms with Crippen LogP contribution < -0.4 is 10.1 Å². The minimum Gasteiger partial charge on any atom is -0.494 e. The zero-order valence-electron chi connectivity index (χ0n) is 11.2. The fraction of sp³-hybridized carbons (Fsp3) is 0.571. The van der Waals surface area contributed by atoms with Crippen molar-refractivity contribution in [1.29, 1.82) is 0 Å². The van der Waals surface area contributed by atoms with E-state index in [1.807, 2.05) is 31.8 Å². The van der Waals surface area contributed by atoms with Crippen molar-refractivity contribution >= 4 is 11.8 Å². The molecule has 0 aliphatic rings. The van der Waals surface area contributed by atoms with Crippen molar-refractivity contribution in [2.75, 3.05) is 19.4 Å². The molecular formula is C14H23NOS. The topological polar surface area (TPSA) is 21.3 Å². The Kier molecular flexibility index (Phi) is 6.45. The van der Waals surface area contributed by atoms with Crippen molar-refractivity contribution in [3.63, 3.8) is 0 Å². The van der Waals surface area contributed by atoms with Crippen LogP contribution in [0.2, 0.25) is 0 Å². The maximum absolute atomic E-state index is 5.53. The molecule has 1 N–H and O–H groups in total. The molecule has 0 heterocycles. The average molecular weight is 253 g/mol. The predicted octanol–water partition coefficient (Wildman–Crippen LogP) is 3.49. The quantitative estimate of drug-likeness (QED) is 0.804. The number of hydrogen-bond donors (Lipinski definition) is 1. The Morgan fingerprint density at radius 2 is 2.12 bits per heavy atom. The van der Waals surface area contributed by atoms with Gasteiger partial charge in [-0.05, 0) is 36.9 Å². The molecule has 1 rings (SSSR count). The summed E-state index contributed by atoms with van der Waals surface area (Å²) in [5, 5.41) is 4.03. The summed E-state index contributed by atoms with van der Waals surface area (Å²) < 4.78 is 5.53. The third-order valence-corrected chi connectivity index (χ3v) is 3.71. The third kappa shape index (κ3) is 5.00. The third-order valence-electron chi connectivity index (χ3n) is 2.52. The lowest BCUT2D eigenvalue weighted by molar-refractivity contribution is 0.339. The van der Waals surface area contributed by atoms with Crippen LogP contribution in [0, 0.1) is 0 Å². The molecule has 96 valence electrons. The van der Waals surface area contributed by atoms with E-state index in [1.54, 1.807) is 0 Å². The van der Waals surface area contributed by atoms with Gasteiger partial charge in [0.25, 0.3) is 0 Å². The van der Waals surface area contributed by atoms with Gasteiger partial charge in [-0.2, -0.15) is 11.8 Å². The van der Waals surface area contributed by atoms with Crippen LogP contribution in [0.1, 0.15) is 32.4 Å². The van der Waals surface area contributed by atoms with E-state index in [2.05, 4.69) is 37.4 Å². The fourth-order valence-electron chi connectivity index (χ4n) is 1.62. The maximum Gasteiger partial charge on any atom is 0.119 e. The molecule has 0 aliphatic heterocycles. The Balaban J connectivity index is 2.69. The smallest absolute Gasteiger partial charge is 0.119 e. The van der Waals surface area contributed by atoms with E-state index >= 15 is 0 Å². The number of benzene rings is 1. The van der Waals surface area contributed by atoms with Gasteiger partial charge in [0.15, 0.2) is 0 Å². The normalized spacial score (nSPS) is 12.8. The monoisotopic (exact) mass is 253 g/mol. The first kappa shape index (κ1) is 14.4. The summed E-state index contributed by atoms with van der Waals surface area (Å²) in [6.07, 6.45) is 0. The highest BCUT2D eigenvalue weighted by atomic mass is 32.2. The maximum atomic E-state index is 5.53. The summed E-state index contributed by atoms with van der Waals surface area (Å²) in [5.74, 6) is 2.05. The molecule has 0 radical (unpaired) electrons. The number of rotatable bonds is 7. The highest BCUT2D eigenvalue weighted by Crippen LogP contribution is 2.24. The van der Waals surface area contributed by atoms with Gasteiger partial charge in [0.1, 0.15) is 5.75 Å². The summed E-state index contributed by atoms with van der Waals surface area (Å²) in [6.45, 7) is 7.19. The molecule has 0 aliphatic carbocycles. The van der Waals surface area contributed by atoms with Crippen molar-refractivity contribution in [1.82, 2.24) is 5.32 Å². The largest absolute Gasteiger partial charge is 0.494 e. The van der Waals surface area contributed by atoms with Crippen LogP contribution in [0.5, 0.6) is 5.75 Å². The van der Waals surface area contributed by atoms with Gasteiger partial charge in [0.2, 0.25) is 0 Å². The van der Waals surface area contributed by atoms with E-state index in [-0.39, 0.29) is 0 Å². The van der Waals surface area contributed by atoms with E-state index in [1.165, 1.54) is 5.56 Å². The second kappa shape index (κ2) is 7.62. The zero-order valence-corrected chi connectivity index (χ0v) is 12.0. The molecule has 17 heavy (non-hydrogen) atoms. The molecule has 1 atom stereocenters. The highest BCUT2D eigenvalue weighted by Gasteiger charge is 2.10. The Labute approximate surface area is 109 Å². The van der Waals surface area contributed by atoms with Gasteiger partial charge in [0, 0.05) is 11.8 Å². The molecule has 0 spiro atoms. The van der Waals surface area contributed by atoms with Gasteiger partial charge < -0.3 is 10.1 Å². The van der Waals surface area contributed by atoms with Crippen LogP contribution in [0.3, 0.4) is 0 Å². The van der Waals surface area contributed by atoms with Crippen LogP contribution in [-0.4, -0.2) is 24.7 Å². The van der Waals surface area contributed by atoms with Gasteiger partial charge in [-0.1, -0.05) is 26.0 Å². The minimum atomic E-state index is 0.391. The first-order valence-electron chi connectivity index (χ1n) is 6.19. The van der Waals surface area contributed by atoms with E-state index in [0.717, 1.165) is 11.5 Å². The Morgan fingerprint density at radius 1 is 1.35 bits per heavy atom. The second-order valence-electron chi connectivity index (χ2n) is 4.23. The molecule has 3 heteroatoms. The molecule has 2 nitrogen and oxygen atoms in total. The predicted molar refractivity (Wildman–Crippen MR) is 77.0 cm³/mol. The van der Waals surface area contributed by atoms with Crippen LogP contribution in [-0.2, 0) is 0 Å². The van der Waals surface area contributed by atoms with Crippen LogP contribution in [0.25, 0.3) is 0 Å². The standard InChI is InChI=1S/C14H23NOS/c1-5-16-13-8-6-7-12(9-13)14(15-4)10-17-11(2)3/h6-9,11,14-15H,5,10H2,1-4H3. The van der Waals surface area contributed by atoms with Crippen LogP contribution >= 0.6 is 11.8 Å². The Hall–Kier alpha value is -0.670. The molecule has 1 aromatic carbocycles. The number of nitrogens with one attached hydrogen (secondary N) is 1. The summed E-state index contributed by atoms with van der Waals surface area (Å²) >= 11 is 1.97.